The number of guanidine groups is 1. The van der Waals surface area contributed by atoms with Gasteiger partial charge in [-0.05, 0) is 50.3 Å². The molecule has 0 aliphatic carbocycles. The quantitative estimate of drug-likeness (QED) is 0.508. The number of carbonyl (C=O) groups excluding carboxylic acids is 1. The summed E-state index contributed by atoms with van der Waals surface area (Å²) in [5.41, 5.74) is 1.89. The van der Waals surface area contributed by atoms with Gasteiger partial charge in [0.05, 0.1) is 24.8 Å². The van der Waals surface area contributed by atoms with E-state index in [2.05, 4.69) is 22.9 Å². The van der Waals surface area contributed by atoms with Crippen molar-refractivity contribution in [3.8, 4) is 0 Å². The molecule has 0 radical (unpaired) electrons. The highest BCUT2D eigenvalue weighted by atomic mass is 16.5. The van der Waals surface area contributed by atoms with Gasteiger partial charge in [0.1, 0.15) is 0 Å². The monoisotopic (exact) mass is 372 g/mol. The zero-order valence-electron chi connectivity index (χ0n) is 16.6. The molecule has 2 aliphatic rings. The van der Waals surface area contributed by atoms with E-state index in [1.165, 1.54) is 6.42 Å². The van der Waals surface area contributed by atoms with Gasteiger partial charge in [0, 0.05) is 18.2 Å². The first-order chi connectivity index (χ1) is 13.1. The second kappa shape index (κ2) is 9.22. The van der Waals surface area contributed by atoms with Gasteiger partial charge < -0.3 is 20.7 Å². The molecule has 27 heavy (non-hydrogen) atoms. The zero-order valence-corrected chi connectivity index (χ0v) is 16.6. The summed E-state index contributed by atoms with van der Waals surface area (Å²) in [6.07, 6.45) is 4.96. The standard InChI is InChI=1S/C21H32N4O2/c1-4-14(3)20(26)24-16-8-6-7-15(11-16)13-23-21(22-5-2)25-18-12-17-9-10-19(18)27-17/h6-8,11,14,17-19H,4-5,9-10,12-13H2,1-3H3,(H,24,26)(H2,22,23,25). The molecule has 2 bridgehead atoms. The third-order valence-corrected chi connectivity index (χ3v) is 5.45. The topological polar surface area (TPSA) is 74.8 Å². The van der Waals surface area contributed by atoms with E-state index in [-0.39, 0.29) is 11.8 Å². The number of rotatable bonds is 7. The van der Waals surface area contributed by atoms with Crippen molar-refractivity contribution in [3.63, 3.8) is 0 Å². The zero-order chi connectivity index (χ0) is 19.2. The Morgan fingerprint density at radius 2 is 2.19 bits per heavy atom. The summed E-state index contributed by atoms with van der Waals surface area (Å²) in [5, 5.41) is 9.84. The summed E-state index contributed by atoms with van der Waals surface area (Å²) in [7, 11) is 0. The van der Waals surface area contributed by atoms with Gasteiger partial charge in [0.2, 0.25) is 5.91 Å². The van der Waals surface area contributed by atoms with Crippen molar-refractivity contribution in [2.24, 2.45) is 10.9 Å². The number of fused-ring (bicyclic) bond motifs is 2. The first kappa shape index (κ1) is 19.7. The highest BCUT2D eigenvalue weighted by Crippen LogP contribution is 2.34. The van der Waals surface area contributed by atoms with Crippen molar-refractivity contribution in [1.82, 2.24) is 10.6 Å². The first-order valence-corrected chi connectivity index (χ1v) is 10.2. The molecule has 0 saturated carbocycles. The first-order valence-electron chi connectivity index (χ1n) is 10.2. The molecule has 1 aromatic rings. The lowest BCUT2D eigenvalue weighted by Gasteiger charge is -2.22. The van der Waals surface area contributed by atoms with Crippen molar-refractivity contribution < 1.29 is 9.53 Å². The number of benzene rings is 1. The fourth-order valence-corrected chi connectivity index (χ4v) is 3.65. The lowest BCUT2D eigenvalue weighted by atomic mass is 9.96. The lowest BCUT2D eigenvalue weighted by Crippen LogP contribution is -2.47. The largest absolute Gasteiger partial charge is 0.373 e. The SMILES string of the molecule is CCNC(=NCc1cccc(NC(=O)C(C)CC)c1)NC1CC2CCC1O2. The molecule has 3 N–H and O–H groups in total. The van der Waals surface area contributed by atoms with Crippen LogP contribution < -0.4 is 16.0 Å². The number of amides is 1. The fraction of sp³-hybridized carbons (Fsp3) is 0.619. The van der Waals surface area contributed by atoms with Gasteiger partial charge in [0.15, 0.2) is 5.96 Å². The highest BCUT2D eigenvalue weighted by molar-refractivity contribution is 5.92. The van der Waals surface area contributed by atoms with Crippen LogP contribution in [0, 0.1) is 5.92 Å². The smallest absolute Gasteiger partial charge is 0.227 e. The van der Waals surface area contributed by atoms with E-state index in [0.29, 0.717) is 24.8 Å². The molecule has 2 heterocycles. The Kier molecular flexibility index (Phi) is 6.72. The van der Waals surface area contributed by atoms with E-state index in [1.54, 1.807) is 0 Å². The maximum absolute atomic E-state index is 12.1. The summed E-state index contributed by atoms with van der Waals surface area (Å²) >= 11 is 0. The van der Waals surface area contributed by atoms with Crippen LogP contribution in [0.1, 0.15) is 52.0 Å². The third kappa shape index (κ3) is 5.22. The van der Waals surface area contributed by atoms with Crippen LogP contribution in [0.4, 0.5) is 5.69 Å². The Morgan fingerprint density at radius 1 is 1.33 bits per heavy atom. The number of ether oxygens (including phenoxy) is 1. The maximum Gasteiger partial charge on any atom is 0.227 e. The van der Waals surface area contributed by atoms with Crippen LogP contribution in [-0.4, -0.2) is 36.7 Å². The summed E-state index contributed by atoms with van der Waals surface area (Å²) in [6, 6.07) is 8.26. The molecule has 4 unspecified atom stereocenters. The Balaban J connectivity index is 1.60. The van der Waals surface area contributed by atoms with E-state index in [9.17, 15) is 4.79 Å². The molecule has 2 saturated heterocycles. The number of aliphatic imine (C=N–C) groups is 1. The molecule has 3 rings (SSSR count). The predicted molar refractivity (Wildman–Crippen MR) is 109 cm³/mol. The average molecular weight is 373 g/mol. The number of nitrogens with zero attached hydrogens (tertiary/aromatic N) is 1. The number of carbonyl (C=O) groups is 1. The minimum atomic E-state index is 0.0141. The molecular weight excluding hydrogens is 340 g/mol. The van der Waals surface area contributed by atoms with Gasteiger partial charge in [-0.2, -0.15) is 0 Å². The van der Waals surface area contributed by atoms with Crippen LogP contribution in [-0.2, 0) is 16.1 Å². The van der Waals surface area contributed by atoms with E-state index >= 15 is 0 Å². The van der Waals surface area contributed by atoms with Crippen molar-refractivity contribution in [1.29, 1.82) is 0 Å². The van der Waals surface area contributed by atoms with Crippen molar-refractivity contribution in [2.45, 2.75) is 71.2 Å². The molecule has 1 amide bonds. The van der Waals surface area contributed by atoms with Crippen LogP contribution >= 0.6 is 0 Å². The van der Waals surface area contributed by atoms with Crippen molar-refractivity contribution in [3.05, 3.63) is 29.8 Å². The average Bonchev–Trinajstić information content (AvgIpc) is 3.29. The summed E-state index contributed by atoms with van der Waals surface area (Å²) in [5.74, 6) is 0.900. The van der Waals surface area contributed by atoms with Crippen LogP contribution in [0.15, 0.2) is 29.3 Å². The minimum absolute atomic E-state index is 0.0141. The molecule has 2 fully saturated rings. The summed E-state index contributed by atoms with van der Waals surface area (Å²) in [6.45, 7) is 7.41. The van der Waals surface area contributed by atoms with Gasteiger partial charge in [-0.15, -0.1) is 0 Å². The second-order valence-corrected chi connectivity index (χ2v) is 7.55. The number of anilines is 1. The van der Waals surface area contributed by atoms with Crippen molar-refractivity contribution in [2.75, 3.05) is 11.9 Å². The molecule has 1 aromatic carbocycles. The van der Waals surface area contributed by atoms with E-state index in [0.717, 1.165) is 43.0 Å². The van der Waals surface area contributed by atoms with E-state index in [1.807, 2.05) is 38.1 Å². The molecule has 148 valence electrons. The van der Waals surface area contributed by atoms with Gasteiger partial charge in [-0.3, -0.25) is 4.79 Å². The van der Waals surface area contributed by atoms with Gasteiger partial charge >= 0.3 is 0 Å². The second-order valence-electron chi connectivity index (χ2n) is 7.55. The van der Waals surface area contributed by atoms with Gasteiger partial charge in [-0.25, -0.2) is 4.99 Å². The van der Waals surface area contributed by atoms with E-state index < -0.39 is 0 Å². The Hall–Kier alpha value is -2.08. The minimum Gasteiger partial charge on any atom is -0.373 e. The number of nitrogens with one attached hydrogen (secondary N) is 3. The molecule has 0 aromatic heterocycles. The summed E-state index contributed by atoms with van der Waals surface area (Å²) in [4.78, 5) is 16.8. The molecule has 0 spiro atoms. The normalized spacial score (nSPS) is 25.3. The molecule has 6 nitrogen and oxygen atoms in total. The number of hydrogen-bond acceptors (Lipinski definition) is 3. The van der Waals surface area contributed by atoms with Crippen LogP contribution in [0.25, 0.3) is 0 Å². The molecular formula is C21H32N4O2. The maximum atomic E-state index is 12.1. The van der Waals surface area contributed by atoms with Crippen LogP contribution in [0.3, 0.4) is 0 Å². The highest BCUT2D eigenvalue weighted by Gasteiger charge is 2.41. The molecule has 6 heteroatoms. The van der Waals surface area contributed by atoms with Gasteiger partial charge in [0.25, 0.3) is 0 Å². The predicted octanol–water partition coefficient (Wildman–Crippen LogP) is 3.05. The summed E-state index contributed by atoms with van der Waals surface area (Å²) < 4.78 is 5.92. The van der Waals surface area contributed by atoms with E-state index in [4.69, 9.17) is 9.73 Å². The van der Waals surface area contributed by atoms with Crippen LogP contribution in [0.5, 0.6) is 0 Å². The lowest BCUT2D eigenvalue weighted by molar-refractivity contribution is -0.119. The Morgan fingerprint density at radius 3 is 2.85 bits per heavy atom. The molecule has 4 atom stereocenters. The molecule has 2 aliphatic heterocycles. The Labute approximate surface area is 162 Å². The van der Waals surface area contributed by atoms with Crippen LogP contribution in [0.2, 0.25) is 0 Å². The Bertz CT molecular complexity index is 676. The third-order valence-electron chi connectivity index (χ3n) is 5.45. The number of hydrogen-bond donors (Lipinski definition) is 3. The van der Waals surface area contributed by atoms with Crippen molar-refractivity contribution >= 4 is 17.6 Å². The fourth-order valence-electron chi connectivity index (χ4n) is 3.65. The van der Waals surface area contributed by atoms with Gasteiger partial charge in [-0.1, -0.05) is 26.0 Å².